The smallest absolute Gasteiger partial charge is 0.426 e. The van der Waals surface area contributed by atoms with Crippen LogP contribution in [-0.2, 0) is 28.7 Å². The number of hydrogen-bond acceptors (Lipinski definition) is 15. The highest BCUT2D eigenvalue weighted by atomic mass is 16.6. The molecular formula is C61H98N8O15. The van der Waals surface area contributed by atoms with Crippen molar-refractivity contribution < 1.29 is 71.6 Å². The summed E-state index contributed by atoms with van der Waals surface area (Å²) in [5.41, 5.74) is 16.2. The van der Waals surface area contributed by atoms with Gasteiger partial charge in [0.15, 0.2) is 0 Å². The van der Waals surface area contributed by atoms with Crippen molar-refractivity contribution in [2.24, 2.45) is 0 Å². The quantitative estimate of drug-likeness (QED) is 0.0133. The van der Waals surface area contributed by atoms with E-state index in [0.29, 0.717) is 25.7 Å². The molecule has 472 valence electrons. The van der Waals surface area contributed by atoms with Gasteiger partial charge in [-0.15, -0.1) is 0 Å². The predicted molar refractivity (Wildman–Crippen MR) is 318 cm³/mol. The molecule has 0 aliphatic rings. The molecule has 0 fully saturated rings. The van der Waals surface area contributed by atoms with Gasteiger partial charge in [-0.05, 0) is 65.5 Å². The molecule has 0 radical (unpaired) electrons. The number of unbranched alkanes of at least 4 members (excludes halogenated alkanes) is 20. The van der Waals surface area contributed by atoms with E-state index < -0.39 is 71.9 Å². The largest absolute Gasteiger partial charge is 0.493 e. The van der Waals surface area contributed by atoms with Crippen LogP contribution in [0.1, 0.15) is 264 Å². The summed E-state index contributed by atoms with van der Waals surface area (Å²) in [7, 11) is 0. The van der Waals surface area contributed by atoms with Gasteiger partial charge >= 0.3 is 12.1 Å². The number of rotatable bonds is 41. The van der Waals surface area contributed by atoms with Gasteiger partial charge in [0.05, 0.1) is 55.3 Å². The van der Waals surface area contributed by atoms with E-state index >= 15 is 0 Å². The fourth-order valence-corrected chi connectivity index (χ4v) is 8.25. The van der Waals surface area contributed by atoms with Crippen LogP contribution in [-0.4, -0.2) is 92.0 Å². The second kappa shape index (κ2) is 43.3. The van der Waals surface area contributed by atoms with E-state index in [1.54, 1.807) is 27.7 Å². The normalized spacial score (nSPS) is 10.9. The van der Waals surface area contributed by atoms with Gasteiger partial charge in [0.1, 0.15) is 41.4 Å². The second-order valence-corrected chi connectivity index (χ2v) is 21.4. The molecule has 0 unspecified atom stereocenters. The molecule has 2 aromatic rings. The van der Waals surface area contributed by atoms with E-state index in [2.05, 4.69) is 71.1 Å². The fourth-order valence-electron chi connectivity index (χ4n) is 8.25. The van der Waals surface area contributed by atoms with Crippen LogP contribution in [0.3, 0.4) is 0 Å². The van der Waals surface area contributed by atoms with Crippen LogP contribution in [0.5, 0.6) is 23.0 Å². The number of hydrogen-bond donors (Lipinski definition) is 8. The van der Waals surface area contributed by atoms with E-state index in [-0.39, 0.29) is 78.3 Å². The standard InChI is InChI=1S/C61H98N8O15/c1-9-14-18-22-26-30-34-80-48-40-49(81-35-31-27-23-19-15-10-2)45(58(76)67-64-54(72)43-55(73)79-13-5)38-44(48)56(74)65-62-52(70)42-53(71)63-66-57(75)46-39-47(59(77)68-69-60(78)84-61(6,7)8)51(83-37-33-29-25-21-17-12-4)41-50(46)82-36-32-28-24-20-16-11-3/h38-41H,9-37,42-43H2,1-8H3,(H,62,70)(H,63,71)(H,64,72)(H,65,74)(H,66,75)(H,67,76)(H,68,77)(H,69,78). The molecule has 23 heteroatoms. The Kier molecular flexibility index (Phi) is 37.5. The zero-order chi connectivity index (χ0) is 62.0. The minimum atomic E-state index is -1.02. The Balaban J connectivity index is 2.40. The first-order chi connectivity index (χ1) is 40.4. The summed E-state index contributed by atoms with van der Waals surface area (Å²) in [6.07, 6.45) is 20.6. The van der Waals surface area contributed by atoms with E-state index in [9.17, 15) is 43.2 Å². The molecule has 0 saturated heterocycles. The first-order valence-electron chi connectivity index (χ1n) is 30.5. The van der Waals surface area contributed by atoms with Gasteiger partial charge in [0.25, 0.3) is 23.6 Å². The maximum Gasteiger partial charge on any atom is 0.426 e. The molecule has 8 amide bonds. The van der Waals surface area contributed by atoms with Gasteiger partial charge in [-0.3, -0.25) is 76.3 Å². The van der Waals surface area contributed by atoms with E-state index in [4.69, 9.17) is 28.4 Å². The highest BCUT2D eigenvalue weighted by molar-refractivity contribution is 6.06. The lowest BCUT2D eigenvalue weighted by atomic mass is 10.1. The number of benzene rings is 2. The third kappa shape index (κ3) is 31.9. The van der Waals surface area contributed by atoms with Gasteiger partial charge in [0.2, 0.25) is 17.7 Å². The molecular weight excluding hydrogens is 1080 g/mol. The second-order valence-electron chi connectivity index (χ2n) is 21.4. The summed E-state index contributed by atoms with van der Waals surface area (Å²) in [6.45, 7) is 16.0. The van der Waals surface area contributed by atoms with Gasteiger partial charge in [-0.1, -0.05) is 156 Å². The monoisotopic (exact) mass is 1180 g/mol. The van der Waals surface area contributed by atoms with Crippen molar-refractivity contribution in [3.63, 3.8) is 0 Å². The SMILES string of the molecule is CCCCCCCCOc1cc(OCCCCCCCC)c(C(=O)NNC(=O)CC(=O)OCC)cc1C(=O)NNC(=O)CC(=O)NNC(=O)c1cc(C(=O)NNC(=O)OC(C)(C)C)c(OCCCCCCCC)cc1OCCCCCCCC. The van der Waals surface area contributed by atoms with Crippen molar-refractivity contribution in [1.29, 1.82) is 0 Å². The number of amides is 8. The summed E-state index contributed by atoms with van der Waals surface area (Å²) < 4.78 is 34.6. The van der Waals surface area contributed by atoms with Crippen LogP contribution in [0.2, 0.25) is 0 Å². The van der Waals surface area contributed by atoms with Crippen molar-refractivity contribution in [1.82, 2.24) is 43.4 Å². The number of esters is 1. The average molecular weight is 1180 g/mol. The van der Waals surface area contributed by atoms with Crippen molar-refractivity contribution in [3.05, 3.63) is 46.5 Å². The van der Waals surface area contributed by atoms with Crippen molar-refractivity contribution in [2.75, 3.05) is 33.0 Å². The van der Waals surface area contributed by atoms with Gasteiger partial charge in [0, 0.05) is 12.1 Å². The summed E-state index contributed by atoms with van der Waals surface area (Å²) in [5.74, 6) is -7.16. The van der Waals surface area contributed by atoms with Gasteiger partial charge in [-0.2, -0.15) is 0 Å². The molecule has 0 bridgehead atoms. The Morgan fingerprint density at radius 3 is 0.905 bits per heavy atom. The number of hydrazine groups is 4. The zero-order valence-electron chi connectivity index (χ0n) is 51.4. The van der Waals surface area contributed by atoms with Gasteiger partial charge in [-0.25, -0.2) is 10.2 Å². The Morgan fingerprint density at radius 2 is 0.619 bits per heavy atom. The maximum absolute atomic E-state index is 14.0. The van der Waals surface area contributed by atoms with E-state index in [1.165, 1.54) is 24.3 Å². The molecule has 0 atom stereocenters. The molecule has 0 aromatic heterocycles. The number of ether oxygens (including phenoxy) is 6. The Bertz CT molecular complexity index is 2360. The molecule has 0 saturated carbocycles. The highest BCUT2D eigenvalue weighted by Crippen LogP contribution is 2.32. The highest BCUT2D eigenvalue weighted by Gasteiger charge is 2.26. The Labute approximate surface area is 497 Å². The molecule has 8 N–H and O–H groups in total. The number of carbonyl (C=O) groups is 9. The Hall–Kier alpha value is -7.33. The Morgan fingerprint density at radius 1 is 0.345 bits per heavy atom. The average Bonchev–Trinajstić information content (AvgIpc) is 3.14. The number of carbonyl (C=O) groups excluding carboxylic acids is 9. The summed E-state index contributed by atoms with van der Waals surface area (Å²) >= 11 is 0. The molecule has 0 aliphatic carbocycles. The van der Waals surface area contributed by atoms with Crippen molar-refractivity contribution in [2.45, 2.75) is 228 Å². The molecule has 0 spiro atoms. The van der Waals surface area contributed by atoms with Gasteiger partial charge < -0.3 is 28.4 Å². The molecule has 84 heavy (non-hydrogen) atoms. The first kappa shape index (κ1) is 72.8. The lowest BCUT2D eigenvalue weighted by Crippen LogP contribution is -2.47. The van der Waals surface area contributed by atoms with Crippen LogP contribution >= 0.6 is 0 Å². The topological polar surface area (TPSA) is 305 Å². The van der Waals surface area contributed by atoms with Crippen LogP contribution in [0.25, 0.3) is 0 Å². The minimum Gasteiger partial charge on any atom is -0.493 e. The maximum atomic E-state index is 14.0. The lowest BCUT2D eigenvalue weighted by molar-refractivity contribution is -0.146. The zero-order valence-corrected chi connectivity index (χ0v) is 51.4. The fraction of sp³-hybridized carbons (Fsp3) is 0.656. The molecule has 2 aromatic carbocycles. The third-order valence-corrected chi connectivity index (χ3v) is 12.7. The van der Waals surface area contributed by atoms with Crippen molar-refractivity contribution in [3.8, 4) is 23.0 Å². The van der Waals surface area contributed by atoms with Crippen LogP contribution in [0.15, 0.2) is 24.3 Å². The van der Waals surface area contributed by atoms with Crippen molar-refractivity contribution >= 4 is 53.4 Å². The van der Waals surface area contributed by atoms with E-state index in [1.807, 2.05) is 0 Å². The first-order valence-corrected chi connectivity index (χ1v) is 30.5. The lowest BCUT2D eigenvalue weighted by Gasteiger charge is -2.20. The molecule has 23 nitrogen and oxygen atoms in total. The van der Waals surface area contributed by atoms with Crippen LogP contribution in [0.4, 0.5) is 4.79 Å². The minimum absolute atomic E-state index is 0.0178. The van der Waals surface area contributed by atoms with Crippen LogP contribution in [0, 0.1) is 0 Å². The number of nitrogens with one attached hydrogen (secondary N) is 8. The van der Waals surface area contributed by atoms with Crippen LogP contribution < -0.4 is 62.4 Å². The summed E-state index contributed by atoms with van der Waals surface area (Å²) in [6, 6.07) is 5.18. The molecule has 0 heterocycles. The van der Waals surface area contributed by atoms with E-state index in [0.717, 1.165) is 128 Å². The molecule has 0 aliphatic heterocycles. The third-order valence-electron chi connectivity index (χ3n) is 12.7. The predicted octanol–water partition coefficient (Wildman–Crippen LogP) is 10.1. The summed E-state index contributed by atoms with van der Waals surface area (Å²) in [5, 5.41) is 0. The molecule has 2 rings (SSSR count). The summed E-state index contributed by atoms with van der Waals surface area (Å²) in [4.78, 5) is 119.